The lowest BCUT2D eigenvalue weighted by atomic mass is 10.2. The van der Waals surface area contributed by atoms with Gasteiger partial charge in [0.15, 0.2) is 0 Å². The number of esters is 1. The Morgan fingerprint density at radius 2 is 2.42 bits per heavy atom. The lowest BCUT2D eigenvalue weighted by Gasteiger charge is -2.14. The number of rotatable bonds is 0. The van der Waals surface area contributed by atoms with Gasteiger partial charge in [-0.3, -0.25) is 0 Å². The molecule has 1 fully saturated rings. The van der Waals surface area contributed by atoms with Crippen LogP contribution in [0.15, 0.2) is 0 Å². The predicted octanol–water partition coefficient (Wildman–Crippen LogP) is 1.45. The molecule has 12 heavy (non-hydrogen) atoms. The molecule has 1 aliphatic rings. The second kappa shape index (κ2) is 5.10. The molecule has 1 unspecified atom stereocenters. The van der Waals surface area contributed by atoms with Crippen LogP contribution in [0.25, 0.3) is 0 Å². The number of carbonyl (C=O) groups is 1. The Kier molecular flexibility index (Phi) is 4.02. The van der Waals surface area contributed by atoms with Gasteiger partial charge in [0.05, 0.1) is 12.4 Å². The summed E-state index contributed by atoms with van der Waals surface area (Å²) in [7, 11) is 1.35. The zero-order chi connectivity index (χ0) is 8.81. The van der Waals surface area contributed by atoms with Crippen molar-refractivity contribution in [1.29, 1.82) is 0 Å². The van der Waals surface area contributed by atoms with E-state index in [0.717, 1.165) is 6.42 Å². The maximum absolute atomic E-state index is 10.6. The van der Waals surface area contributed by atoms with Gasteiger partial charge in [-0.15, -0.1) is 11.8 Å². The van der Waals surface area contributed by atoms with Crippen molar-refractivity contribution in [3.8, 4) is 11.8 Å². The molecule has 2 nitrogen and oxygen atoms in total. The van der Waals surface area contributed by atoms with Crippen LogP contribution in [0.3, 0.4) is 0 Å². The normalized spacial score (nSPS) is 22.2. The van der Waals surface area contributed by atoms with E-state index in [1.165, 1.54) is 25.7 Å². The molecule has 1 rings (SSSR count). The Labute approximate surface area is 77.1 Å². The fourth-order valence-electron chi connectivity index (χ4n) is 1.05. The first-order valence-corrected chi connectivity index (χ1v) is 5.09. The van der Waals surface area contributed by atoms with Crippen LogP contribution in [0.4, 0.5) is 0 Å². The van der Waals surface area contributed by atoms with Crippen LogP contribution < -0.4 is 0 Å². The lowest BCUT2D eigenvalue weighted by Crippen LogP contribution is -2.07. The zero-order valence-corrected chi connectivity index (χ0v) is 7.95. The number of hydrogen-bond donors (Lipinski definition) is 0. The van der Waals surface area contributed by atoms with E-state index in [1.807, 2.05) is 11.8 Å². The summed E-state index contributed by atoms with van der Waals surface area (Å²) in [6.45, 7) is 0. The van der Waals surface area contributed by atoms with Gasteiger partial charge in [-0.1, -0.05) is 12.3 Å². The maximum atomic E-state index is 10.6. The van der Waals surface area contributed by atoms with Crippen molar-refractivity contribution in [2.45, 2.75) is 24.5 Å². The van der Waals surface area contributed by atoms with Crippen molar-refractivity contribution >= 4 is 17.7 Å². The molecule has 66 valence electrons. The summed E-state index contributed by atoms with van der Waals surface area (Å²) in [5.41, 5.74) is 0. The van der Waals surface area contributed by atoms with Gasteiger partial charge in [-0.05, 0) is 18.6 Å². The summed E-state index contributed by atoms with van der Waals surface area (Å²) < 4.78 is 4.42. The Balaban J connectivity index is 2.35. The largest absolute Gasteiger partial charge is 0.459 e. The minimum absolute atomic E-state index is 0.345. The van der Waals surface area contributed by atoms with E-state index in [9.17, 15) is 4.79 Å². The molecule has 1 atom stereocenters. The highest BCUT2D eigenvalue weighted by Gasteiger charge is 2.10. The van der Waals surface area contributed by atoms with E-state index < -0.39 is 5.97 Å². The standard InChI is InChI=1S/C9H12O2S/c1-11-9(10)6-5-8-4-2-3-7-12-8/h8H,2-4,7H2,1H3. The first kappa shape index (κ1) is 9.47. The van der Waals surface area contributed by atoms with Gasteiger partial charge in [0.2, 0.25) is 0 Å². The third-order valence-corrected chi connectivity index (χ3v) is 2.98. The Morgan fingerprint density at radius 3 is 3.00 bits per heavy atom. The molecule has 0 amide bonds. The summed E-state index contributed by atoms with van der Waals surface area (Å²) in [6.07, 6.45) is 3.61. The molecule has 0 aromatic rings. The molecular weight excluding hydrogens is 172 g/mol. The van der Waals surface area contributed by atoms with Crippen LogP contribution in [-0.2, 0) is 9.53 Å². The highest BCUT2D eigenvalue weighted by molar-refractivity contribution is 8.00. The molecule has 0 saturated carbocycles. The average Bonchev–Trinajstić information content (AvgIpc) is 2.16. The monoisotopic (exact) mass is 184 g/mol. The Hall–Kier alpha value is -0.620. The van der Waals surface area contributed by atoms with Crippen molar-refractivity contribution < 1.29 is 9.53 Å². The van der Waals surface area contributed by atoms with Crippen molar-refractivity contribution in [3.63, 3.8) is 0 Å². The molecule has 1 aliphatic heterocycles. The summed E-state index contributed by atoms with van der Waals surface area (Å²) in [5.74, 6) is 6.12. The first-order chi connectivity index (χ1) is 5.83. The Morgan fingerprint density at radius 1 is 1.58 bits per heavy atom. The molecular formula is C9H12O2S. The van der Waals surface area contributed by atoms with Gasteiger partial charge in [0.25, 0.3) is 0 Å². The van der Waals surface area contributed by atoms with Gasteiger partial charge in [-0.2, -0.15) is 0 Å². The maximum Gasteiger partial charge on any atom is 0.384 e. The van der Waals surface area contributed by atoms with Crippen molar-refractivity contribution in [2.24, 2.45) is 0 Å². The summed E-state index contributed by atoms with van der Waals surface area (Å²) in [4.78, 5) is 10.6. The molecule has 0 aromatic heterocycles. The molecule has 0 bridgehead atoms. The van der Waals surface area contributed by atoms with Crippen LogP contribution in [-0.4, -0.2) is 24.1 Å². The van der Waals surface area contributed by atoms with E-state index in [1.54, 1.807) is 0 Å². The van der Waals surface area contributed by atoms with Gasteiger partial charge in [0.1, 0.15) is 0 Å². The quantitative estimate of drug-likeness (QED) is 0.324. The second-order valence-electron chi connectivity index (χ2n) is 2.62. The first-order valence-electron chi connectivity index (χ1n) is 4.04. The minimum Gasteiger partial charge on any atom is -0.459 e. The number of carbonyl (C=O) groups excluding carboxylic acids is 1. The zero-order valence-electron chi connectivity index (χ0n) is 7.13. The molecule has 0 radical (unpaired) electrons. The minimum atomic E-state index is -0.429. The van der Waals surface area contributed by atoms with Crippen molar-refractivity contribution in [1.82, 2.24) is 0 Å². The molecule has 1 saturated heterocycles. The molecule has 0 aliphatic carbocycles. The van der Waals surface area contributed by atoms with E-state index >= 15 is 0 Å². The third kappa shape index (κ3) is 3.19. The van der Waals surface area contributed by atoms with E-state index in [2.05, 4.69) is 16.6 Å². The highest BCUT2D eigenvalue weighted by atomic mass is 32.2. The van der Waals surface area contributed by atoms with Crippen LogP contribution in [0.5, 0.6) is 0 Å². The predicted molar refractivity (Wildman–Crippen MR) is 49.9 cm³/mol. The van der Waals surface area contributed by atoms with Gasteiger partial charge in [0, 0.05) is 5.92 Å². The molecule has 1 heterocycles. The number of ether oxygens (including phenoxy) is 1. The van der Waals surface area contributed by atoms with Crippen LogP contribution >= 0.6 is 11.8 Å². The van der Waals surface area contributed by atoms with E-state index in [-0.39, 0.29) is 0 Å². The summed E-state index contributed by atoms with van der Waals surface area (Å²) in [5, 5.41) is 0.345. The average molecular weight is 184 g/mol. The van der Waals surface area contributed by atoms with E-state index in [4.69, 9.17) is 0 Å². The van der Waals surface area contributed by atoms with Crippen molar-refractivity contribution in [3.05, 3.63) is 0 Å². The fourth-order valence-corrected chi connectivity index (χ4v) is 2.18. The van der Waals surface area contributed by atoms with Gasteiger partial charge in [-0.25, -0.2) is 4.79 Å². The topological polar surface area (TPSA) is 26.3 Å². The van der Waals surface area contributed by atoms with Crippen molar-refractivity contribution in [2.75, 3.05) is 12.9 Å². The molecule has 0 aromatic carbocycles. The van der Waals surface area contributed by atoms with Crippen LogP contribution in [0.1, 0.15) is 19.3 Å². The number of thioether (sulfide) groups is 1. The smallest absolute Gasteiger partial charge is 0.384 e. The number of hydrogen-bond acceptors (Lipinski definition) is 3. The third-order valence-electron chi connectivity index (χ3n) is 1.70. The van der Waals surface area contributed by atoms with Gasteiger partial charge < -0.3 is 4.74 Å². The SMILES string of the molecule is COC(=O)C#CC1CCCCS1. The molecule has 3 heteroatoms. The number of methoxy groups -OCH3 is 1. The Bertz CT molecular complexity index is 208. The second-order valence-corrected chi connectivity index (χ2v) is 3.93. The summed E-state index contributed by atoms with van der Waals surface area (Å²) in [6, 6.07) is 0. The van der Waals surface area contributed by atoms with Crippen LogP contribution in [0, 0.1) is 11.8 Å². The van der Waals surface area contributed by atoms with Gasteiger partial charge >= 0.3 is 5.97 Å². The van der Waals surface area contributed by atoms with E-state index in [0.29, 0.717) is 5.25 Å². The molecule has 0 N–H and O–H groups in total. The lowest BCUT2D eigenvalue weighted by molar-refractivity contribution is -0.133. The van der Waals surface area contributed by atoms with Crippen LogP contribution in [0.2, 0.25) is 0 Å². The highest BCUT2D eigenvalue weighted by Crippen LogP contribution is 2.23. The molecule has 0 spiro atoms. The fraction of sp³-hybridized carbons (Fsp3) is 0.667. The summed E-state index contributed by atoms with van der Waals surface area (Å²) >= 11 is 1.83.